The maximum absolute atomic E-state index is 13.3. The predicted molar refractivity (Wildman–Crippen MR) is 154 cm³/mol. The van der Waals surface area contributed by atoms with Crippen LogP contribution in [0.15, 0.2) is 42.5 Å². The average molecular weight is 567 g/mol. The van der Waals surface area contributed by atoms with Gasteiger partial charge in [0.2, 0.25) is 0 Å². The number of carboxylic acids is 1. The van der Waals surface area contributed by atoms with E-state index in [1.54, 1.807) is 30.3 Å². The second kappa shape index (κ2) is 13.8. The maximum atomic E-state index is 13.3. The number of rotatable bonds is 8. The van der Waals surface area contributed by atoms with Crippen LogP contribution in [0.2, 0.25) is 0 Å². The van der Waals surface area contributed by atoms with E-state index in [4.69, 9.17) is 4.74 Å². The summed E-state index contributed by atoms with van der Waals surface area (Å²) in [6.45, 7) is 8.57. The van der Waals surface area contributed by atoms with Gasteiger partial charge in [0.05, 0.1) is 37.1 Å². The first-order valence-corrected chi connectivity index (χ1v) is 13.9. The molecule has 5 amide bonds. The van der Waals surface area contributed by atoms with Gasteiger partial charge < -0.3 is 40.5 Å². The Morgan fingerprint density at radius 1 is 0.927 bits per heavy atom. The summed E-state index contributed by atoms with van der Waals surface area (Å²) in [7, 11) is 0. The third kappa shape index (κ3) is 7.88. The Morgan fingerprint density at radius 2 is 1.59 bits per heavy atom. The minimum absolute atomic E-state index is 0.00475. The van der Waals surface area contributed by atoms with Crippen molar-refractivity contribution in [3.05, 3.63) is 59.2 Å². The molecule has 41 heavy (non-hydrogen) atoms. The van der Waals surface area contributed by atoms with Crippen LogP contribution in [0.5, 0.6) is 0 Å². The van der Waals surface area contributed by atoms with Gasteiger partial charge in [-0.3, -0.25) is 9.59 Å². The molecule has 12 nitrogen and oxygen atoms in total. The fourth-order valence-corrected chi connectivity index (χ4v) is 4.94. The molecule has 2 aromatic rings. The van der Waals surface area contributed by atoms with Crippen LogP contribution in [0.25, 0.3) is 0 Å². The molecule has 2 aliphatic rings. The largest absolute Gasteiger partial charge is 0.481 e. The molecule has 0 radical (unpaired) electrons. The van der Waals surface area contributed by atoms with Gasteiger partial charge in [0.15, 0.2) is 0 Å². The first kappa shape index (κ1) is 29.7. The quantitative estimate of drug-likeness (QED) is 0.385. The Kier molecular flexibility index (Phi) is 10.0. The van der Waals surface area contributed by atoms with Crippen molar-refractivity contribution in [2.45, 2.75) is 26.3 Å². The third-order valence-corrected chi connectivity index (χ3v) is 7.18. The lowest BCUT2D eigenvalue weighted by Crippen LogP contribution is -2.55. The van der Waals surface area contributed by atoms with Crippen molar-refractivity contribution in [3.63, 3.8) is 0 Å². The monoisotopic (exact) mass is 566 g/mol. The zero-order valence-corrected chi connectivity index (χ0v) is 23.5. The van der Waals surface area contributed by atoms with E-state index in [0.29, 0.717) is 70.3 Å². The summed E-state index contributed by atoms with van der Waals surface area (Å²) in [5.41, 5.74) is 3.17. The predicted octanol–water partition coefficient (Wildman–Crippen LogP) is 2.66. The molecule has 220 valence electrons. The van der Waals surface area contributed by atoms with Crippen molar-refractivity contribution >= 4 is 35.3 Å². The molecule has 4 N–H and O–H groups in total. The first-order valence-electron chi connectivity index (χ1n) is 13.9. The van der Waals surface area contributed by atoms with Crippen LogP contribution >= 0.6 is 0 Å². The topological polar surface area (TPSA) is 144 Å². The van der Waals surface area contributed by atoms with Crippen LogP contribution < -0.4 is 20.9 Å². The van der Waals surface area contributed by atoms with Gasteiger partial charge in [0, 0.05) is 51.4 Å². The highest BCUT2D eigenvalue weighted by atomic mass is 16.5. The number of carboxylic acid groups (broad SMARTS) is 1. The minimum atomic E-state index is -1.03. The molecule has 2 heterocycles. The van der Waals surface area contributed by atoms with Gasteiger partial charge in [-0.1, -0.05) is 29.8 Å². The molecule has 2 saturated heterocycles. The lowest BCUT2D eigenvalue weighted by Gasteiger charge is -2.39. The second-order valence-corrected chi connectivity index (χ2v) is 10.1. The van der Waals surface area contributed by atoms with Crippen LogP contribution in [0.1, 0.15) is 40.9 Å². The minimum Gasteiger partial charge on any atom is -0.481 e. The molecule has 2 aromatic carbocycles. The Labute approximate surface area is 239 Å². The number of morpholine rings is 1. The van der Waals surface area contributed by atoms with E-state index in [0.717, 1.165) is 11.3 Å². The molecular formula is C29H38N6O6. The first-order chi connectivity index (χ1) is 19.7. The molecule has 0 saturated carbocycles. The Bertz CT molecular complexity index is 1240. The van der Waals surface area contributed by atoms with E-state index in [9.17, 15) is 24.3 Å². The van der Waals surface area contributed by atoms with Crippen LogP contribution in [-0.4, -0.2) is 97.9 Å². The summed E-state index contributed by atoms with van der Waals surface area (Å²) >= 11 is 0. The van der Waals surface area contributed by atoms with E-state index in [2.05, 4.69) is 20.9 Å². The van der Waals surface area contributed by atoms with E-state index in [1.807, 2.05) is 35.8 Å². The summed E-state index contributed by atoms with van der Waals surface area (Å²) < 4.78 is 5.35. The molecule has 1 unspecified atom stereocenters. The summed E-state index contributed by atoms with van der Waals surface area (Å²) in [6.07, 6.45) is -0.273. The number of ether oxygens (including phenoxy) is 1. The summed E-state index contributed by atoms with van der Waals surface area (Å²) in [4.78, 5) is 55.9. The highest BCUT2D eigenvalue weighted by Crippen LogP contribution is 2.29. The molecule has 4 rings (SSSR count). The maximum Gasteiger partial charge on any atom is 0.320 e. The van der Waals surface area contributed by atoms with Crippen LogP contribution in [0.4, 0.5) is 21.0 Å². The van der Waals surface area contributed by atoms with E-state index < -0.39 is 23.9 Å². The van der Waals surface area contributed by atoms with Gasteiger partial charge in [-0.2, -0.15) is 0 Å². The van der Waals surface area contributed by atoms with E-state index >= 15 is 0 Å². The van der Waals surface area contributed by atoms with Crippen LogP contribution in [0.3, 0.4) is 0 Å². The number of amides is 5. The van der Waals surface area contributed by atoms with E-state index in [-0.39, 0.29) is 18.0 Å². The number of anilines is 2. The number of nitrogens with one attached hydrogen (secondary N) is 3. The number of aliphatic carboxylic acids is 1. The van der Waals surface area contributed by atoms with Crippen LogP contribution in [0, 0.1) is 6.92 Å². The number of urea groups is 2. The lowest BCUT2D eigenvalue weighted by atomic mass is 10.0. The fraction of sp³-hybridized carbons (Fsp3) is 0.448. The molecule has 2 fully saturated rings. The summed E-state index contributed by atoms with van der Waals surface area (Å²) in [5, 5.41) is 17.8. The van der Waals surface area contributed by atoms with Crippen LogP contribution in [-0.2, 0) is 9.53 Å². The molecular weight excluding hydrogens is 528 g/mol. The number of aryl methyl sites for hydroxylation is 1. The smallest absolute Gasteiger partial charge is 0.320 e. The normalized spacial score (nSPS) is 16.1. The number of carbonyl (C=O) groups is 4. The highest BCUT2D eigenvalue weighted by molar-refractivity contribution is 6.00. The third-order valence-electron chi connectivity index (χ3n) is 7.18. The van der Waals surface area contributed by atoms with Gasteiger partial charge in [-0.25, -0.2) is 9.59 Å². The van der Waals surface area contributed by atoms with Crippen molar-refractivity contribution in [2.24, 2.45) is 0 Å². The fourth-order valence-electron chi connectivity index (χ4n) is 4.94. The van der Waals surface area contributed by atoms with Gasteiger partial charge in [0.25, 0.3) is 5.91 Å². The number of piperazine rings is 1. The Morgan fingerprint density at radius 3 is 2.22 bits per heavy atom. The molecule has 1 atom stereocenters. The van der Waals surface area contributed by atoms with Gasteiger partial charge in [-0.15, -0.1) is 0 Å². The van der Waals surface area contributed by atoms with Crippen molar-refractivity contribution < 1.29 is 29.0 Å². The molecule has 12 heteroatoms. The molecule has 0 aromatic heterocycles. The van der Waals surface area contributed by atoms with Crippen molar-refractivity contribution in [1.29, 1.82) is 0 Å². The molecule has 0 bridgehead atoms. The SMILES string of the molecule is CCNC(=O)Nc1cc(C(=O)NC(CC(=O)O)c2ccc(C)cc2)ccc1N1CCN(C(=O)N2CCOCC2)CC1. The van der Waals surface area contributed by atoms with Crippen molar-refractivity contribution in [1.82, 2.24) is 20.4 Å². The van der Waals surface area contributed by atoms with Gasteiger partial charge >= 0.3 is 18.0 Å². The summed E-state index contributed by atoms with van der Waals surface area (Å²) in [6, 6.07) is 11.2. The average Bonchev–Trinajstić information content (AvgIpc) is 2.97. The molecule has 2 aliphatic heterocycles. The number of carbonyl (C=O) groups excluding carboxylic acids is 3. The second-order valence-electron chi connectivity index (χ2n) is 10.1. The van der Waals surface area contributed by atoms with Crippen molar-refractivity contribution in [2.75, 3.05) is 69.2 Å². The van der Waals surface area contributed by atoms with Gasteiger partial charge in [-0.05, 0) is 37.6 Å². The van der Waals surface area contributed by atoms with Gasteiger partial charge in [0.1, 0.15) is 0 Å². The van der Waals surface area contributed by atoms with Crippen molar-refractivity contribution in [3.8, 4) is 0 Å². The Hall–Kier alpha value is -4.32. The number of hydrogen-bond acceptors (Lipinski definition) is 6. The van der Waals surface area contributed by atoms with E-state index in [1.165, 1.54) is 0 Å². The summed E-state index contributed by atoms with van der Waals surface area (Å²) in [5.74, 6) is -1.49. The number of hydrogen-bond donors (Lipinski definition) is 4. The zero-order chi connectivity index (χ0) is 29.4. The standard InChI is InChI=1S/C29H38N6O6/c1-3-30-28(39)32-24-18-22(27(38)31-23(19-26(36)37)21-6-4-20(2)5-7-21)8-9-25(24)33-10-12-34(13-11-33)29(40)35-14-16-41-17-15-35/h4-9,18,23H,3,10-17,19H2,1-2H3,(H,31,38)(H,36,37)(H2,30,32,39). The number of nitrogens with zero attached hydrogens (tertiary/aromatic N) is 3. The highest BCUT2D eigenvalue weighted by Gasteiger charge is 2.28. The molecule has 0 spiro atoms. The molecule has 0 aliphatic carbocycles. The zero-order valence-electron chi connectivity index (χ0n) is 23.5. The Balaban J connectivity index is 1.50. The number of benzene rings is 2. The lowest BCUT2D eigenvalue weighted by molar-refractivity contribution is -0.137.